The van der Waals surface area contributed by atoms with Gasteiger partial charge in [-0.3, -0.25) is 5.41 Å². The van der Waals surface area contributed by atoms with E-state index in [1.807, 2.05) is 12.3 Å². The van der Waals surface area contributed by atoms with Crippen molar-refractivity contribution >= 4 is 23.3 Å². The summed E-state index contributed by atoms with van der Waals surface area (Å²) in [7, 11) is 2.15. The van der Waals surface area contributed by atoms with E-state index in [-0.39, 0.29) is 5.84 Å². The van der Waals surface area contributed by atoms with Gasteiger partial charge in [-0.25, -0.2) is 0 Å². The summed E-state index contributed by atoms with van der Waals surface area (Å²) in [6, 6.07) is 6.77. The van der Waals surface area contributed by atoms with Crippen LogP contribution < -0.4 is 10.6 Å². The highest BCUT2D eigenvalue weighted by atomic mass is 32.2. The molecule has 1 saturated carbocycles. The fourth-order valence-corrected chi connectivity index (χ4v) is 3.84. The molecule has 0 spiro atoms. The van der Waals surface area contributed by atoms with Crippen molar-refractivity contribution in [3.05, 3.63) is 23.8 Å². The second-order valence-corrected chi connectivity index (χ2v) is 6.65. The van der Waals surface area contributed by atoms with E-state index in [0.29, 0.717) is 6.04 Å². The largest absolute Gasteiger partial charge is 0.384 e. The first-order valence-electron chi connectivity index (χ1n) is 7.28. The molecule has 20 heavy (non-hydrogen) atoms. The second-order valence-electron chi connectivity index (χ2n) is 5.80. The highest BCUT2D eigenvalue weighted by Crippen LogP contribution is 2.34. The lowest BCUT2D eigenvalue weighted by Crippen LogP contribution is -2.36. The molecule has 3 nitrogen and oxygen atoms in total. The monoisotopic (exact) mass is 291 g/mol. The Kier molecular flexibility index (Phi) is 4.97. The highest BCUT2D eigenvalue weighted by Gasteiger charge is 2.25. The van der Waals surface area contributed by atoms with Gasteiger partial charge in [-0.05, 0) is 37.1 Å². The third kappa shape index (κ3) is 3.11. The third-order valence-corrected chi connectivity index (χ3v) is 5.11. The van der Waals surface area contributed by atoms with E-state index in [9.17, 15) is 0 Å². The lowest BCUT2D eigenvalue weighted by atomic mass is 9.86. The van der Waals surface area contributed by atoms with E-state index < -0.39 is 0 Å². The predicted molar refractivity (Wildman–Crippen MR) is 89.1 cm³/mol. The molecule has 2 unspecified atom stereocenters. The van der Waals surface area contributed by atoms with E-state index in [4.69, 9.17) is 11.1 Å². The Morgan fingerprint density at radius 2 is 2.15 bits per heavy atom. The van der Waals surface area contributed by atoms with Crippen molar-refractivity contribution in [2.24, 2.45) is 11.7 Å². The van der Waals surface area contributed by atoms with Gasteiger partial charge in [0.05, 0.1) is 5.56 Å². The Labute approximate surface area is 126 Å². The summed E-state index contributed by atoms with van der Waals surface area (Å²) in [6.45, 7) is 2.34. The SMILES string of the molecule is CSc1cccc(N(C)C2CCCC(C)C2)c1C(=N)N. The first-order valence-corrected chi connectivity index (χ1v) is 8.51. The third-order valence-electron chi connectivity index (χ3n) is 4.33. The van der Waals surface area contributed by atoms with Crippen molar-refractivity contribution < 1.29 is 0 Å². The number of rotatable bonds is 4. The van der Waals surface area contributed by atoms with Crippen molar-refractivity contribution in [1.82, 2.24) is 0 Å². The number of nitrogens with zero attached hydrogens (tertiary/aromatic N) is 1. The van der Waals surface area contributed by atoms with Crippen LogP contribution in [0.3, 0.4) is 0 Å². The number of amidine groups is 1. The fourth-order valence-electron chi connectivity index (χ4n) is 3.20. The van der Waals surface area contributed by atoms with E-state index in [2.05, 4.69) is 31.0 Å². The summed E-state index contributed by atoms with van der Waals surface area (Å²) in [5, 5.41) is 7.91. The zero-order valence-electron chi connectivity index (χ0n) is 12.6. The van der Waals surface area contributed by atoms with Crippen LogP contribution in [0.5, 0.6) is 0 Å². The van der Waals surface area contributed by atoms with E-state index in [1.54, 1.807) is 11.8 Å². The number of hydrogen-bond acceptors (Lipinski definition) is 3. The molecule has 2 atom stereocenters. The summed E-state index contributed by atoms with van der Waals surface area (Å²) in [4.78, 5) is 3.43. The molecule has 1 aromatic carbocycles. The maximum absolute atomic E-state index is 7.91. The van der Waals surface area contributed by atoms with Crippen LogP contribution >= 0.6 is 11.8 Å². The minimum atomic E-state index is 0.167. The molecule has 0 aliphatic heterocycles. The molecule has 2 rings (SSSR count). The average molecular weight is 291 g/mol. The van der Waals surface area contributed by atoms with Crippen LogP contribution in [-0.4, -0.2) is 25.2 Å². The molecule has 0 saturated heterocycles. The smallest absolute Gasteiger partial charge is 0.126 e. The van der Waals surface area contributed by atoms with E-state index in [1.165, 1.54) is 25.7 Å². The van der Waals surface area contributed by atoms with Crippen LogP contribution in [0.25, 0.3) is 0 Å². The molecule has 0 radical (unpaired) electrons. The molecule has 4 heteroatoms. The van der Waals surface area contributed by atoms with Gasteiger partial charge < -0.3 is 10.6 Å². The van der Waals surface area contributed by atoms with Crippen LogP contribution in [-0.2, 0) is 0 Å². The van der Waals surface area contributed by atoms with Gasteiger partial charge in [0.25, 0.3) is 0 Å². The Hall–Kier alpha value is -1.16. The van der Waals surface area contributed by atoms with E-state index in [0.717, 1.165) is 22.1 Å². The first-order chi connectivity index (χ1) is 9.54. The molecule has 1 fully saturated rings. The van der Waals surface area contributed by atoms with Gasteiger partial charge >= 0.3 is 0 Å². The lowest BCUT2D eigenvalue weighted by Gasteiger charge is -2.36. The average Bonchev–Trinajstić information content (AvgIpc) is 2.45. The summed E-state index contributed by atoms with van der Waals surface area (Å²) >= 11 is 1.66. The molecule has 1 aliphatic carbocycles. The minimum absolute atomic E-state index is 0.167. The number of nitrogens with one attached hydrogen (secondary N) is 1. The van der Waals surface area contributed by atoms with Crippen molar-refractivity contribution in [3.8, 4) is 0 Å². The van der Waals surface area contributed by atoms with Crippen LogP contribution in [0.1, 0.15) is 38.2 Å². The molecule has 110 valence electrons. The van der Waals surface area contributed by atoms with Gasteiger partial charge in [0, 0.05) is 23.7 Å². The molecule has 1 aliphatic rings. The van der Waals surface area contributed by atoms with Gasteiger partial charge in [-0.2, -0.15) is 0 Å². The molecule has 3 N–H and O–H groups in total. The minimum Gasteiger partial charge on any atom is -0.384 e. The number of hydrogen-bond donors (Lipinski definition) is 2. The number of thioether (sulfide) groups is 1. The Balaban J connectivity index is 2.33. The van der Waals surface area contributed by atoms with Crippen molar-refractivity contribution in [2.45, 2.75) is 43.5 Å². The quantitative estimate of drug-likeness (QED) is 0.505. The zero-order chi connectivity index (χ0) is 14.7. The molecule has 0 bridgehead atoms. The number of benzene rings is 1. The molecule has 1 aromatic rings. The summed E-state index contributed by atoms with van der Waals surface area (Å²) in [6.07, 6.45) is 7.15. The van der Waals surface area contributed by atoms with Crippen molar-refractivity contribution in [1.29, 1.82) is 5.41 Å². The second kappa shape index (κ2) is 6.53. The Morgan fingerprint density at radius 1 is 1.40 bits per heavy atom. The normalized spacial score (nSPS) is 22.6. The first kappa shape index (κ1) is 15.2. The predicted octanol–water partition coefficient (Wildman–Crippen LogP) is 3.71. The van der Waals surface area contributed by atoms with Gasteiger partial charge in [-0.15, -0.1) is 11.8 Å². The summed E-state index contributed by atoms with van der Waals surface area (Å²) in [5.41, 5.74) is 7.82. The summed E-state index contributed by atoms with van der Waals surface area (Å²) < 4.78 is 0. The zero-order valence-corrected chi connectivity index (χ0v) is 13.5. The van der Waals surface area contributed by atoms with Gasteiger partial charge in [0.15, 0.2) is 0 Å². The molecular weight excluding hydrogens is 266 g/mol. The molecular formula is C16H25N3S. The lowest BCUT2D eigenvalue weighted by molar-refractivity contribution is 0.336. The maximum atomic E-state index is 7.91. The van der Waals surface area contributed by atoms with Gasteiger partial charge in [-0.1, -0.05) is 25.8 Å². The van der Waals surface area contributed by atoms with Crippen molar-refractivity contribution in [2.75, 3.05) is 18.2 Å². The summed E-state index contributed by atoms with van der Waals surface area (Å²) in [5.74, 6) is 0.960. The van der Waals surface area contributed by atoms with Gasteiger partial charge in [0.2, 0.25) is 0 Å². The van der Waals surface area contributed by atoms with Crippen LogP contribution in [0.15, 0.2) is 23.1 Å². The van der Waals surface area contributed by atoms with Crippen molar-refractivity contribution in [3.63, 3.8) is 0 Å². The van der Waals surface area contributed by atoms with Crippen LogP contribution in [0.2, 0.25) is 0 Å². The molecule has 0 heterocycles. The van der Waals surface area contributed by atoms with Crippen LogP contribution in [0, 0.1) is 11.3 Å². The number of anilines is 1. The molecule has 0 aromatic heterocycles. The highest BCUT2D eigenvalue weighted by molar-refractivity contribution is 7.98. The van der Waals surface area contributed by atoms with E-state index >= 15 is 0 Å². The van der Waals surface area contributed by atoms with Gasteiger partial charge in [0.1, 0.15) is 5.84 Å². The topological polar surface area (TPSA) is 53.1 Å². The standard InChI is InChI=1S/C16H25N3S/c1-11-6-4-7-12(10-11)19(2)13-8-5-9-14(20-3)15(13)16(17)18/h5,8-9,11-12H,4,6-7,10H2,1-3H3,(H3,17,18). The number of nitrogens with two attached hydrogens (primary N) is 1. The Bertz CT molecular complexity index is 487. The Morgan fingerprint density at radius 3 is 2.75 bits per heavy atom. The number of nitrogen functional groups attached to an aromatic ring is 1. The molecule has 0 amide bonds. The van der Waals surface area contributed by atoms with Crippen LogP contribution in [0.4, 0.5) is 5.69 Å². The fraction of sp³-hybridized carbons (Fsp3) is 0.562. The maximum Gasteiger partial charge on any atom is 0.126 e.